The van der Waals surface area contributed by atoms with Crippen LogP contribution in [-0.2, 0) is 4.79 Å². The topological polar surface area (TPSA) is 29.1 Å². The Kier molecular flexibility index (Phi) is 4.94. The largest absolute Gasteiger partial charge is 0.326 e. The highest BCUT2D eigenvalue weighted by molar-refractivity contribution is 9.10. The Hall–Kier alpha value is -1.61. The van der Waals surface area contributed by atoms with Crippen LogP contribution in [0.1, 0.15) is 37.2 Å². The average molecular weight is 358 g/mol. The molecule has 2 aromatic carbocycles. The third-order valence-corrected chi connectivity index (χ3v) is 4.90. The maximum Gasteiger partial charge on any atom is 0.232 e. The van der Waals surface area contributed by atoms with Gasteiger partial charge in [0.05, 0.1) is 5.92 Å². The number of carbonyl (C=O) groups excluding carboxylic acids is 1. The quantitative estimate of drug-likeness (QED) is 0.783. The Bertz CT molecular complexity index is 635. The van der Waals surface area contributed by atoms with Gasteiger partial charge in [-0.15, -0.1) is 0 Å². The summed E-state index contributed by atoms with van der Waals surface area (Å²) >= 11 is 3.45. The van der Waals surface area contributed by atoms with Crippen LogP contribution in [0.3, 0.4) is 0 Å². The summed E-state index contributed by atoms with van der Waals surface area (Å²) in [5.74, 6) is 0.508. The van der Waals surface area contributed by atoms with E-state index in [-0.39, 0.29) is 11.8 Å². The van der Waals surface area contributed by atoms with Crippen LogP contribution in [0.2, 0.25) is 0 Å². The number of benzene rings is 2. The fourth-order valence-electron chi connectivity index (χ4n) is 3.37. The van der Waals surface area contributed by atoms with Crippen LogP contribution in [0.4, 0.5) is 5.69 Å². The summed E-state index contributed by atoms with van der Waals surface area (Å²) in [6.07, 6.45) is 4.76. The Balaban J connectivity index is 1.83. The van der Waals surface area contributed by atoms with Gasteiger partial charge in [-0.2, -0.15) is 0 Å². The number of halogens is 1. The molecule has 0 radical (unpaired) electrons. The predicted molar refractivity (Wildman–Crippen MR) is 93.9 cm³/mol. The van der Waals surface area contributed by atoms with Gasteiger partial charge in [-0.1, -0.05) is 65.2 Å². The maximum atomic E-state index is 12.9. The molecule has 2 nitrogen and oxygen atoms in total. The van der Waals surface area contributed by atoms with Gasteiger partial charge in [0.1, 0.15) is 0 Å². The number of nitrogens with one attached hydrogen (secondary N) is 1. The fourth-order valence-corrected chi connectivity index (χ4v) is 3.77. The second kappa shape index (κ2) is 7.10. The molecule has 0 bridgehead atoms. The molecule has 1 aliphatic rings. The molecule has 1 fully saturated rings. The van der Waals surface area contributed by atoms with Crippen LogP contribution >= 0.6 is 15.9 Å². The minimum atomic E-state index is -0.0531. The number of amides is 1. The number of hydrogen-bond acceptors (Lipinski definition) is 1. The first kappa shape index (κ1) is 15.3. The van der Waals surface area contributed by atoms with Gasteiger partial charge in [0.25, 0.3) is 0 Å². The summed E-state index contributed by atoms with van der Waals surface area (Å²) in [6, 6.07) is 17.9. The average Bonchev–Trinajstić information content (AvgIpc) is 3.02. The molecule has 1 aliphatic carbocycles. The molecular formula is C19H20BrNO. The van der Waals surface area contributed by atoms with Crippen molar-refractivity contribution in [1.29, 1.82) is 0 Å². The lowest BCUT2D eigenvalue weighted by Gasteiger charge is -2.23. The highest BCUT2D eigenvalue weighted by atomic mass is 79.9. The van der Waals surface area contributed by atoms with Crippen molar-refractivity contribution < 1.29 is 4.79 Å². The van der Waals surface area contributed by atoms with Crippen LogP contribution in [0.5, 0.6) is 0 Å². The lowest BCUT2D eigenvalue weighted by Crippen LogP contribution is -2.26. The van der Waals surface area contributed by atoms with E-state index in [1.807, 2.05) is 42.5 Å². The van der Waals surface area contributed by atoms with Crippen LogP contribution in [0.25, 0.3) is 0 Å². The number of anilines is 1. The van der Waals surface area contributed by atoms with E-state index in [1.165, 1.54) is 12.8 Å². The summed E-state index contributed by atoms with van der Waals surface area (Å²) in [7, 11) is 0. The van der Waals surface area contributed by atoms with Crippen LogP contribution in [-0.4, -0.2) is 5.91 Å². The zero-order valence-corrected chi connectivity index (χ0v) is 14.1. The van der Waals surface area contributed by atoms with E-state index in [0.717, 1.165) is 28.6 Å². The molecule has 114 valence electrons. The fraction of sp³-hybridized carbons (Fsp3) is 0.316. The van der Waals surface area contributed by atoms with Crippen molar-refractivity contribution >= 4 is 27.5 Å². The van der Waals surface area contributed by atoms with Gasteiger partial charge in [-0.3, -0.25) is 4.79 Å². The second-order valence-corrected chi connectivity index (χ2v) is 6.85. The van der Waals surface area contributed by atoms with Crippen molar-refractivity contribution in [3.05, 3.63) is 64.6 Å². The molecule has 1 N–H and O–H groups in total. The van der Waals surface area contributed by atoms with Gasteiger partial charge in [0, 0.05) is 10.2 Å². The molecule has 1 amide bonds. The highest BCUT2D eigenvalue weighted by Crippen LogP contribution is 2.38. The van der Waals surface area contributed by atoms with Crippen molar-refractivity contribution in [2.24, 2.45) is 5.92 Å². The molecule has 2 aromatic rings. The monoisotopic (exact) mass is 357 g/mol. The number of carbonyl (C=O) groups is 1. The summed E-state index contributed by atoms with van der Waals surface area (Å²) in [5, 5.41) is 3.09. The first-order chi connectivity index (χ1) is 10.7. The lowest BCUT2D eigenvalue weighted by molar-refractivity contribution is -0.118. The molecule has 3 rings (SSSR count). The van der Waals surface area contributed by atoms with Crippen molar-refractivity contribution in [3.8, 4) is 0 Å². The van der Waals surface area contributed by atoms with Gasteiger partial charge in [0.15, 0.2) is 0 Å². The van der Waals surface area contributed by atoms with E-state index in [0.29, 0.717) is 5.92 Å². The van der Waals surface area contributed by atoms with E-state index in [4.69, 9.17) is 0 Å². The van der Waals surface area contributed by atoms with Crippen molar-refractivity contribution in [1.82, 2.24) is 0 Å². The summed E-state index contributed by atoms with van der Waals surface area (Å²) < 4.78 is 0.974. The van der Waals surface area contributed by atoms with Crippen LogP contribution < -0.4 is 5.32 Å². The zero-order valence-electron chi connectivity index (χ0n) is 12.5. The molecule has 22 heavy (non-hydrogen) atoms. The van der Waals surface area contributed by atoms with Gasteiger partial charge < -0.3 is 5.32 Å². The zero-order chi connectivity index (χ0) is 15.4. The molecule has 0 spiro atoms. The smallest absolute Gasteiger partial charge is 0.232 e. The minimum absolute atomic E-state index is 0.0531. The van der Waals surface area contributed by atoms with Gasteiger partial charge in [0.2, 0.25) is 5.91 Å². The second-order valence-electron chi connectivity index (χ2n) is 5.93. The molecule has 1 saturated carbocycles. The number of hydrogen-bond donors (Lipinski definition) is 1. The molecule has 0 heterocycles. The highest BCUT2D eigenvalue weighted by Gasteiger charge is 2.31. The molecule has 1 atom stereocenters. The van der Waals surface area contributed by atoms with Gasteiger partial charge in [-0.05, 0) is 42.5 Å². The molecule has 0 saturated heterocycles. The van der Waals surface area contributed by atoms with Crippen LogP contribution in [0, 0.1) is 5.92 Å². The third kappa shape index (κ3) is 3.58. The van der Waals surface area contributed by atoms with E-state index in [9.17, 15) is 4.79 Å². The lowest BCUT2D eigenvalue weighted by atomic mass is 9.84. The molecular weight excluding hydrogens is 338 g/mol. The van der Waals surface area contributed by atoms with Crippen molar-refractivity contribution in [2.75, 3.05) is 5.32 Å². The Labute approximate surface area is 140 Å². The van der Waals surface area contributed by atoms with Crippen molar-refractivity contribution in [2.45, 2.75) is 31.6 Å². The van der Waals surface area contributed by atoms with E-state index >= 15 is 0 Å². The third-order valence-electron chi connectivity index (χ3n) is 4.40. The van der Waals surface area contributed by atoms with E-state index < -0.39 is 0 Å². The Morgan fingerprint density at radius 3 is 2.45 bits per heavy atom. The van der Waals surface area contributed by atoms with Gasteiger partial charge in [-0.25, -0.2) is 0 Å². The van der Waals surface area contributed by atoms with Crippen LogP contribution in [0.15, 0.2) is 59.1 Å². The molecule has 3 heteroatoms. The number of rotatable bonds is 4. The summed E-state index contributed by atoms with van der Waals surface area (Å²) in [5.41, 5.74) is 1.97. The molecule has 0 unspecified atom stereocenters. The minimum Gasteiger partial charge on any atom is -0.326 e. The Morgan fingerprint density at radius 2 is 1.77 bits per heavy atom. The summed E-state index contributed by atoms with van der Waals surface area (Å²) in [6.45, 7) is 0. The van der Waals surface area contributed by atoms with Gasteiger partial charge >= 0.3 is 0 Å². The normalized spacial score (nSPS) is 16.4. The molecule has 0 aliphatic heterocycles. The standard InChI is InChI=1S/C19H20BrNO/c20-16-11-6-12-17(13-16)21-19(22)18(15-9-4-5-10-15)14-7-2-1-3-8-14/h1-3,6-8,11-13,15,18H,4-5,9-10H2,(H,21,22)/t18-/m1/s1. The van der Waals surface area contributed by atoms with E-state index in [2.05, 4.69) is 33.4 Å². The first-order valence-electron chi connectivity index (χ1n) is 7.85. The molecule has 0 aromatic heterocycles. The predicted octanol–water partition coefficient (Wildman–Crippen LogP) is 5.36. The summed E-state index contributed by atoms with van der Waals surface area (Å²) in [4.78, 5) is 12.9. The van der Waals surface area contributed by atoms with E-state index in [1.54, 1.807) is 0 Å². The first-order valence-corrected chi connectivity index (χ1v) is 8.65. The SMILES string of the molecule is O=C(Nc1cccc(Br)c1)[C@H](c1ccccc1)C1CCCC1. The van der Waals surface area contributed by atoms with Crippen molar-refractivity contribution in [3.63, 3.8) is 0 Å². The maximum absolute atomic E-state index is 12.9. The Morgan fingerprint density at radius 1 is 1.05 bits per heavy atom.